The van der Waals surface area contributed by atoms with E-state index >= 15 is 0 Å². The van der Waals surface area contributed by atoms with Gasteiger partial charge in [-0.25, -0.2) is 14.8 Å². The molecule has 3 unspecified atom stereocenters. The lowest BCUT2D eigenvalue weighted by Gasteiger charge is -2.69. The van der Waals surface area contributed by atoms with Gasteiger partial charge in [0.05, 0.1) is 106 Å². The monoisotopic (exact) mass is 1270 g/mol. The summed E-state index contributed by atoms with van der Waals surface area (Å²) in [5.41, 5.74) is 6.10. The van der Waals surface area contributed by atoms with Crippen molar-refractivity contribution in [2.45, 2.75) is 110 Å². The summed E-state index contributed by atoms with van der Waals surface area (Å²) in [5.74, 6) is -1.43. The highest BCUT2D eigenvalue weighted by molar-refractivity contribution is 7.22. The van der Waals surface area contributed by atoms with Gasteiger partial charge in [-0.15, -0.1) is 10.2 Å². The molecule has 4 aromatic heterocycles. The second-order valence-electron chi connectivity index (χ2n) is 26.2. The van der Waals surface area contributed by atoms with Crippen LogP contribution < -0.4 is 20.9 Å². The molecule has 3 atom stereocenters. The maximum Gasteiger partial charge on any atom is 0.355 e. The number of carboxylic acids is 1. The fourth-order valence-corrected chi connectivity index (χ4v) is 16.8. The van der Waals surface area contributed by atoms with Gasteiger partial charge in [-0.05, 0) is 131 Å². The third-order valence-corrected chi connectivity index (χ3v) is 19.8. The van der Waals surface area contributed by atoms with Crippen molar-refractivity contribution in [2.24, 2.45) is 16.2 Å². The third-order valence-electron chi connectivity index (χ3n) is 18.8. The molecule has 5 fully saturated rings. The summed E-state index contributed by atoms with van der Waals surface area (Å²) in [7, 11) is 2.11. The first kappa shape index (κ1) is 63.8. The molecular formula is C66H82N12O12S. The van der Waals surface area contributed by atoms with Crippen molar-refractivity contribution in [3.8, 4) is 11.1 Å². The summed E-state index contributed by atoms with van der Waals surface area (Å²) >= 11 is 1.57. The Kier molecular flexibility index (Phi) is 19.0. The van der Waals surface area contributed by atoms with Crippen LogP contribution in [0.4, 0.5) is 28.3 Å². The third kappa shape index (κ3) is 13.9. The number of pyridine rings is 1. The number of aromatic carboxylic acids is 1. The van der Waals surface area contributed by atoms with E-state index in [0.29, 0.717) is 114 Å². The molecule has 1 saturated heterocycles. The first-order valence-corrected chi connectivity index (χ1v) is 32.6. The van der Waals surface area contributed by atoms with E-state index < -0.39 is 35.6 Å². The van der Waals surface area contributed by atoms with E-state index in [1.54, 1.807) is 29.5 Å². The lowest BCUT2D eigenvalue weighted by Crippen LogP contribution is -2.64. The van der Waals surface area contributed by atoms with Gasteiger partial charge in [-0.2, -0.15) is 5.10 Å². The summed E-state index contributed by atoms with van der Waals surface area (Å²) in [6, 6.07) is 15.7. The largest absolute Gasteiger partial charge is 0.476 e. The summed E-state index contributed by atoms with van der Waals surface area (Å²) in [5, 5.41) is 34.5. The number of nitrogens with one attached hydrogen (secondary N) is 3. The zero-order valence-corrected chi connectivity index (χ0v) is 53.4. The number of thiazole rings is 1. The van der Waals surface area contributed by atoms with Crippen molar-refractivity contribution < 1.29 is 57.5 Å². The van der Waals surface area contributed by atoms with Gasteiger partial charge in [-0.1, -0.05) is 43.4 Å². The molecule has 4 amide bonds. The van der Waals surface area contributed by atoms with Crippen molar-refractivity contribution in [3.05, 3.63) is 94.4 Å². The number of carbonyl (C=O) groups excluding carboxylic acids is 4. The molecule has 4 bridgehead atoms. The summed E-state index contributed by atoms with van der Waals surface area (Å²) in [6.45, 7) is 17.2. The highest BCUT2D eigenvalue weighted by atomic mass is 32.1. The number of rotatable bonds is 31. The van der Waals surface area contributed by atoms with Crippen LogP contribution in [0.2, 0.25) is 0 Å². The van der Waals surface area contributed by atoms with Crippen LogP contribution in [-0.4, -0.2) is 192 Å². The van der Waals surface area contributed by atoms with Gasteiger partial charge in [0.15, 0.2) is 22.5 Å². The molecule has 4 aliphatic carbocycles. The van der Waals surface area contributed by atoms with Gasteiger partial charge in [0.1, 0.15) is 11.9 Å². The maximum absolute atomic E-state index is 13.3. The summed E-state index contributed by atoms with van der Waals surface area (Å²) < 4.78 is 38.9. The number of carboxylic acid groups (broad SMARTS) is 1. The van der Waals surface area contributed by atoms with Gasteiger partial charge in [0.25, 0.3) is 11.8 Å². The Morgan fingerprint density at radius 2 is 1.46 bits per heavy atom. The molecule has 13 rings (SSSR count). The number of aromatic nitrogens is 6. The van der Waals surface area contributed by atoms with Crippen LogP contribution in [0.1, 0.15) is 120 Å². The maximum atomic E-state index is 13.3. The van der Waals surface area contributed by atoms with E-state index in [2.05, 4.69) is 51.5 Å². The van der Waals surface area contributed by atoms with Crippen molar-refractivity contribution in [2.75, 3.05) is 121 Å². The smallest absolute Gasteiger partial charge is 0.355 e. The van der Waals surface area contributed by atoms with E-state index in [9.17, 15) is 29.1 Å². The number of para-hydroxylation sites is 1. The Morgan fingerprint density at radius 1 is 0.758 bits per heavy atom. The summed E-state index contributed by atoms with van der Waals surface area (Å²) in [4.78, 5) is 78.3. The zero-order chi connectivity index (χ0) is 63.5. The number of piperidine rings is 1. The normalized spacial score (nSPS) is 23.4. The highest BCUT2D eigenvalue weighted by Crippen LogP contribution is 2.72. The minimum atomic E-state index is -1.10. The molecule has 25 heteroatoms. The number of benzene rings is 2. The topological polar surface area (TPSA) is 276 Å². The van der Waals surface area contributed by atoms with Crippen LogP contribution in [0.5, 0.6) is 0 Å². The van der Waals surface area contributed by atoms with Crippen LogP contribution in [0.3, 0.4) is 0 Å². The Balaban J connectivity index is 0.534. The second kappa shape index (κ2) is 27.1. The lowest BCUT2D eigenvalue weighted by atomic mass is 9.39. The predicted molar refractivity (Wildman–Crippen MR) is 340 cm³/mol. The van der Waals surface area contributed by atoms with Crippen LogP contribution in [0.15, 0.2) is 60.8 Å². The minimum Gasteiger partial charge on any atom is -0.476 e. The first-order chi connectivity index (χ1) is 43.9. The molecule has 6 aromatic rings. The van der Waals surface area contributed by atoms with Crippen LogP contribution in [0, 0.1) is 30.1 Å². The van der Waals surface area contributed by atoms with Crippen LogP contribution in [-0.2, 0) is 51.0 Å². The number of ether oxygens (including phenoxy) is 6. The van der Waals surface area contributed by atoms with Gasteiger partial charge in [0.2, 0.25) is 11.8 Å². The number of imide groups is 2. The average molecular weight is 1270 g/mol. The highest BCUT2D eigenvalue weighted by Gasteiger charge is 2.66. The van der Waals surface area contributed by atoms with E-state index in [-0.39, 0.29) is 51.5 Å². The molecule has 484 valence electrons. The summed E-state index contributed by atoms with van der Waals surface area (Å²) in [6.07, 6.45) is 10.1. The Labute approximate surface area is 533 Å². The molecule has 2 aromatic carbocycles. The van der Waals surface area contributed by atoms with E-state index in [1.807, 2.05) is 61.3 Å². The number of nitrogens with zero attached hydrogens (tertiary/aromatic N) is 9. The van der Waals surface area contributed by atoms with Gasteiger partial charge < -0.3 is 54.0 Å². The average Bonchev–Trinajstić information content (AvgIpc) is 1.52. The quantitative estimate of drug-likeness (QED) is 0.0236. The van der Waals surface area contributed by atoms with Crippen molar-refractivity contribution >= 4 is 79.4 Å². The number of carbonyl (C=O) groups is 5. The zero-order valence-electron chi connectivity index (χ0n) is 52.6. The van der Waals surface area contributed by atoms with Gasteiger partial charge in [0, 0.05) is 72.8 Å². The number of hydrogen-bond acceptors (Lipinski definition) is 21. The van der Waals surface area contributed by atoms with Crippen molar-refractivity contribution in [1.29, 1.82) is 0 Å². The molecule has 24 nitrogen and oxygen atoms in total. The SMILES string of the molecule is Cc1c(Nc2nc3ccccc3s2)nnc2c1CCCN2c1ccc(-c2cnn(CC34CC5(C)CC(C)(C3)CC(OCCN(C)CCOCCOCCOCCOCCOCCNc3cccc6c3C(=O)N(C3CCC(=O)NC3=O)C6=O)(C5)C4)c2C)c(C(=O)O)n1. The van der Waals surface area contributed by atoms with Crippen molar-refractivity contribution in [3.63, 3.8) is 0 Å². The number of hydrogen-bond donors (Lipinski definition) is 4. The Hall–Kier alpha value is -7.36. The number of fused-ring (bicyclic) bond motifs is 3. The van der Waals surface area contributed by atoms with E-state index in [1.165, 1.54) is 6.42 Å². The number of likely N-dealkylation sites (N-methyl/N-ethyl adjacent to an activating group) is 1. The molecule has 7 aliphatic rings. The molecule has 0 radical (unpaired) electrons. The molecule has 4 N–H and O–H groups in total. The minimum absolute atomic E-state index is 0.0195. The standard InChI is InChI=1S/C66H82N12O12S/c1-42-44-11-9-20-76(57(44)74-73-56(42)72-62-69-48-12-6-7-14-51(48)91-62)52-17-15-45(55(70-52)61(83)84)47-34-68-77(43(47)2)41-65-36-63(3)35-64(4,37-65)39-66(38-63,40-65)90-25-22-75(5)21-24-86-27-29-88-31-33-89-32-30-87-28-26-85-23-19-67-49-13-8-10-46-54(49)60(82)78(59(46)81)50-16-18-53(79)71-58(50)80/h6-8,10,12-15,17,34,50,67H,9,11,16,18-33,35-41H2,1-5H3,(H,83,84)(H,69,72,73)(H,71,79,80). The van der Waals surface area contributed by atoms with Gasteiger partial charge >= 0.3 is 5.97 Å². The fourth-order valence-electron chi connectivity index (χ4n) is 15.9. The molecule has 7 heterocycles. The molecule has 4 saturated carbocycles. The van der Waals surface area contributed by atoms with Crippen LogP contribution in [0.25, 0.3) is 21.3 Å². The molecular weight excluding hydrogens is 1180 g/mol. The van der Waals surface area contributed by atoms with E-state index in [0.717, 1.165) is 107 Å². The fraction of sp³-hybridized carbons (Fsp3) is 0.545. The molecule has 91 heavy (non-hydrogen) atoms. The lowest BCUT2D eigenvalue weighted by molar-refractivity contribution is -0.248. The van der Waals surface area contributed by atoms with Gasteiger partial charge in [-0.3, -0.25) is 34.1 Å². The Bertz CT molecular complexity index is 3660. The number of amides is 4. The first-order valence-electron chi connectivity index (χ1n) is 31.7. The number of anilines is 5. The van der Waals surface area contributed by atoms with E-state index in [4.69, 9.17) is 48.6 Å². The van der Waals surface area contributed by atoms with Crippen molar-refractivity contribution in [1.82, 2.24) is 45.1 Å². The second-order valence-corrected chi connectivity index (χ2v) is 27.2. The molecule has 3 aliphatic heterocycles. The molecule has 0 spiro atoms. The Morgan fingerprint density at radius 3 is 2.18 bits per heavy atom. The van der Waals surface area contributed by atoms with Crippen LogP contribution >= 0.6 is 11.3 Å². The predicted octanol–water partition coefficient (Wildman–Crippen LogP) is 8.15.